The van der Waals surface area contributed by atoms with E-state index in [1.165, 1.54) is 19.3 Å². The molecule has 2 aromatic heterocycles. The van der Waals surface area contributed by atoms with E-state index in [2.05, 4.69) is 26.7 Å². The molecule has 2 fully saturated rings. The van der Waals surface area contributed by atoms with Crippen LogP contribution in [0, 0.1) is 12.3 Å². The van der Waals surface area contributed by atoms with E-state index < -0.39 is 0 Å². The van der Waals surface area contributed by atoms with Crippen LogP contribution in [0.5, 0.6) is 0 Å². The van der Waals surface area contributed by atoms with Crippen molar-refractivity contribution in [2.24, 2.45) is 5.41 Å². The van der Waals surface area contributed by atoms with Gasteiger partial charge in [0, 0.05) is 37.9 Å². The van der Waals surface area contributed by atoms with Gasteiger partial charge in [0.15, 0.2) is 0 Å². The number of hydrogen-bond donors (Lipinski definition) is 0. The van der Waals surface area contributed by atoms with Crippen LogP contribution in [-0.2, 0) is 6.54 Å². The third-order valence-corrected chi connectivity index (χ3v) is 5.70. The lowest BCUT2D eigenvalue weighted by Crippen LogP contribution is -2.38. The molecule has 1 atom stereocenters. The van der Waals surface area contributed by atoms with Gasteiger partial charge < -0.3 is 9.47 Å². The zero-order chi connectivity index (χ0) is 16.7. The molecule has 1 unspecified atom stereocenters. The Morgan fingerprint density at radius 2 is 2.21 bits per heavy atom. The molecule has 0 aromatic carbocycles. The minimum absolute atomic E-state index is 0.0857. The van der Waals surface area contributed by atoms with E-state index in [-0.39, 0.29) is 17.2 Å². The second-order valence-corrected chi connectivity index (χ2v) is 7.18. The number of pyridine rings is 1. The van der Waals surface area contributed by atoms with Gasteiger partial charge in [-0.1, -0.05) is 6.42 Å². The summed E-state index contributed by atoms with van der Waals surface area (Å²) >= 11 is 0. The van der Waals surface area contributed by atoms with Crippen molar-refractivity contribution in [1.29, 1.82) is 0 Å². The predicted octanol–water partition coefficient (Wildman–Crippen LogP) is 2.41. The Bertz CT molecular complexity index is 764. The molecule has 6 nitrogen and oxygen atoms in total. The van der Waals surface area contributed by atoms with Crippen LogP contribution in [0.1, 0.15) is 53.8 Å². The maximum absolute atomic E-state index is 12.9. The van der Waals surface area contributed by atoms with Gasteiger partial charge in [-0.25, -0.2) is 0 Å². The highest BCUT2D eigenvalue weighted by Gasteiger charge is 2.53. The number of hydrogen-bond acceptors (Lipinski definition) is 4. The van der Waals surface area contributed by atoms with Crippen LogP contribution in [0.15, 0.2) is 24.8 Å². The molecule has 6 heteroatoms. The van der Waals surface area contributed by atoms with Gasteiger partial charge in [0.2, 0.25) is 0 Å². The second kappa shape index (κ2) is 5.69. The van der Waals surface area contributed by atoms with Gasteiger partial charge in [-0.2, -0.15) is 0 Å². The molecular formula is C18H23N5O. The summed E-state index contributed by atoms with van der Waals surface area (Å²) in [5.74, 6) is 1.41. The number of aromatic nitrogens is 4. The number of carbonyl (C=O) groups excluding carboxylic acids is 1. The molecule has 24 heavy (non-hydrogen) atoms. The highest BCUT2D eigenvalue weighted by atomic mass is 16.2. The second-order valence-electron chi connectivity index (χ2n) is 7.18. The highest BCUT2D eigenvalue weighted by molar-refractivity contribution is 5.94. The summed E-state index contributed by atoms with van der Waals surface area (Å²) in [6.07, 6.45) is 8.83. The van der Waals surface area contributed by atoms with Gasteiger partial charge >= 0.3 is 0 Å². The van der Waals surface area contributed by atoms with E-state index in [0.29, 0.717) is 5.56 Å². The third kappa shape index (κ3) is 2.32. The van der Waals surface area contributed by atoms with E-state index >= 15 is 0 Å². The number of nitrogens with zero attached hydrogens (tertiary/aromatic N) is 5. The average Bonchev–Trinajstić information content (AvgIpc) is 3.17. The molecule has 1 aliphatic heterocycles. The zero-order valence-electron chi connectivity index (χ0n) is 14.3. The van der Waals surface area contributed by atoms with Crippen molar-refractivity contribution in [2.45, 2.75) is 45.6 Å². The topological polar surface area (TPSA) is 63.9 Å². The van der Waals surface area contributed by atoms with Crippen molar-refractivity contribution >= 4 is 5.91 Å². The fraction of sp³-hybridized carbons (Fsp3) is 0.556. The molecule has 1 saturated heterocycles. The quantitative estimate of drug-likeness (QED) is 0.869. The van der Waals surface area contributed by atoms with Gasteiger partial charge in [-0.05, 0) is 43.7 Å². The first-order valence-electron chi connectivity index (χ1n) is 8.71. The predicted molar refractivity (Wildman–Crippen MR) is 89.6 cm³/mol. The van der Waals surface area contributed by atoms with E-state index in [0.717, 1.165) is 31.0 Å². The van der Waals surface area contributed by atoms with Crippen molar-refractivity contribution in [3.8, 4) is 0 Å². The first kappa shape index (κ1) is 15.3. The summed E-state index contributed by atoms with van der Waals surface area (Å²) < 4.78 is 2.12. The standard InChI is InChI=1S/C18H23N5O/c1-3-22-12-20-21-16(22)15-10-23(11-18(15)5-4-6-18)17(24)14-7-13(2)8-19-9-14/h7-9,12,15H,3-6,10-11H2,1-2H3. The maximum Gasteiger partial charge on any atom is 0.255 e. The number of carbonyl (C=O) groups is 1. The Morgan fingerprint density at radius 1 is 1.38 bits per heavy atom. The number of aryl methyl sites for hydroxylation is 2. The van der Waals surface area contributed by atoms with E-state index in [4.69, 9.17) is 0 Å². The van der Waals surface area contributed by atoms with Crippen molar-refractivity contribution < 1.29 is 4.79 Å². The molecule has 1 saturated carbocycles. The van der Waals surface area contributed by atoms with Gasteiger partial charge in [-0.15, -0.1) is 10.2 Å². The Balaban J connectivity index is 1.63. The molecule has 1 spiro atoms. The maximum atomic E-state index is 12.9. The van der Waals surface area contributed by atoms with Crippen LogP contribution in [0.4, 0.5) is 0 Å². The fourth-order valence-electron chi connectivity index (χ4n) is 4.25. The molecule has 3 heterocycles. The molecule has 126 valence electrons. The van der Waals surface area contributed by atoms with Crippen LogP contribution < -0.4 is 0 Å². The van der Waals surface area contributed by atoms with Gasteiger partial charge in [0.25, 0.3) is 5.91 Å². The molecule has 0 bridgehead atoms. The monoisotopic (exact) mass is 325 g/mol. The van der Waals surface area contributed by atoms with Crippen LogP contribution in [0.3, 0.4) is 0 Å². The largest absolute Gasteiger partial charge is 0.337 e. The Labute approximate surface area is 141 Å². The molecule has 2 aromatic rings. The first-order valence-corrected chi connectivity index (χ1v) is 8.71. The fourth-order valence-corrected chi connectivity index (χ4v) is 4.25. The Hall–Kier alpha value is -2.24. The van der Waals surface area contributed by atoms with E-state index in [1.807, 2.05) is 17.9 Å². The van der Waals surface area contributed by atoms with Crippen LogP contribution in [-0.4, -0.2) is 43.6 Å². The summed E-state index contributed by atoms with van der Waals surface area (Å²) in [5.41, 5.74) is 1.88. The summed E-state index contributed by atoms with van der Waals surface area (Å²) in [6.45, 7) is 6.49. The first-order chi connectivity index (χ1) is 11.6. The van der Waals surface area contributed by atoms with Crippen LogP contribution in [0.25, 0.3) is 0 Å². The molecular weight excluding hydrogens is 302 g/mol. The smallest absolute Gasteiger partial charge is 0.255 e. The number of amides is 1. The van der Waals surface area contributed by atoms with Crippen molar-refractivity contribution in [3.63, 3.8) is 0 Å². The highest BCUT2D eigenvalue weighted by Crippen LogP contribution is 2.55. The molecule has 4 rings (SSSR count). The number of likely N-dealkylation sites (tertiary alicyclic amines) is 1. The Kier molecular flexibility index (Phi) is 3.62. The van der Waals surface area contributed by atoms with Gasteiger partial charge in [-0.3, -0.25) is 9.78 Å². The molecule has 1 amide bonds. The number of rotatable bonds is 3. The molecule has 0 N–H and O–H groups in total. The lowest BCUT2D eigenvalue weighted by Gasteiger charge is -2.42. The minimum atomic E-state index is 0.0857. The summed E-state index contributed by atoms with van der Waals surface area (Å²) in [4.78, 5) is 19.1. The van der Waals surface area contributed by atoms with Gasteiger partial charge in [0.05, 0.1) is 5.56 Å². The van der Waals surface area contributed by atoms with E-state index in [9.17, 15) is 4.79 Å². The summed E-state index contributed by atoms with van der Waals surface area (Å²) in [7, 11) is 0. The van der Waals surface area contributed by atoms with E-state index in [1.54, 1.807) is 18.7 Å². The summed E-state index contributed by atoms with van der Waals surface area (Å²) in [5, 5.41) is 8.49. The SMILES string of the molecule is CCn1cnnc1C1CN(C(=O)c2cncc(C)c2)CC12CCC2. The molecule has 0 radical (unpaired) electrons. The third-order valence-electron chi connectivity index (χ3n) is 5.70. The molecule has 1 aliphatic carbocycles. The lowest BCUT2D eigenvalue weighted by molar-refractivity contribution is 0.0723. The van der Waals surface area contributed by atoms with Crippen LogP contribution in [0.2, 0.25) is 0 Å². The lowest BCUT2D eigenvalue weighted by atomic mass is 9.62. The van der Waals surface area contributed by atoms with Crippen molar-refractivity contribution in [2.75, 3.05) is 13.1 Å². The van der Waals surface area contributed by atoms with Crippen LogP contribution >= 0.6 is 0 Å². The van der Waals surface area contributed by atoms with Crippen molar-refractivity contribution in [3.05, 3.63) is 41.7 Å². The normalized spacial score (nSPS) is 21.9. The average molecular weight is 325 g/mol. The minimum Gasteiger partial charge on any atom is -0.337 e. The Morgan fingerprint density at radius 3 is 2.88 bits per heavy atom. The zero-order valence-corrected chi connectivity index (χ0v) is 14.3. The van der Waals surface area contributed by atoms with Gasteiger partial charge in [0.1, 0.15) is 12.2 Å². The summed E-state index contributed by atoms with van der Waals surface area (Å²) in [6, 6.07) is 1.92. The molecule has 2 aliphatic rings. The van der Waals surface area contributed by atoms with Crippen molar-refractivity contribution in [1.82, 2.24) is 24.6 Å².